The van der Waals surface area contributed by atoms with Gasteiger partial charge in [0.25, 0.3) is 0 Å². The summed E-state index contributed by atoms with van der Waals surface area (Å²) in [6.45, 7) is 0. The number of hydrogen-bond acceptors (Lipinski definition) is 1. The summed E-state index contributed by atoms with van der Waals surface area (Å²) in [4.78, 5) is 11.2. The lowest BCUT2D eigenvalue weighted by Gasteiger charge is -2.23. The molecule has 0 unspecified atom stereocenters. The summed E-state index contributed by atoms with van der Waals surface area (Å²) in [7, 11) is 1.72. The molecule has 1 aliphatic rings. The Morgan fingerprint density at radius 3 is 2.36 bits per heavy atom. The summed E-state index contributed by atoms with van der Waals surface area (Å²) in [6.07, 6.45) is 4.57. The molecule has 0 spiro atoms. The molecule has 0 aliphatic heterocycles. The van der Waals surface area contributed by atoms with Crippen molar-refractivity contribution >= 4 is 28.5 Å². The molecule has 2 nitrogen and oxygen atoms in total. The smallest absolute Gasteiger partial charge is 0.222 e. The minimum absolute atomic E-state index is 0.230. The highest BCUT2D eigenvalue weighted by Gasteiger charge is 2.23. The third kappa shape index (κ3) is 2.61. The van der Waals surface area contributed by atoms with Crippen molar-refractivity contribution in [2.24, 2.45) is 5.92 Å². The normalized spacial score (nSPS) is 31.5. The first-order chi connectivity index (χ1) is 5.24. The second-order valence-electron chi connectivity index (χ2n) is 3.06. The molecule has 1 saturated carbocycles. The molecular formula is C8H14INO. The second-order valence-corrected chi connectivity index (χ2v) is 4.82. The molecule has 1 aliphatic carbocycles. The maximum absolute atomic E-state index is 11.2. The van der Waals surface area contributed by atoms with E-state index in [1.54, 1.807) is 7.05 Å². The molecule has 64 valence electrons. The van der Waals surface area contributed by atoms with Crippen LogP contribution < -0.4 is 5.32 Å². The van der Waals surface area contributed by atoms with Gasteiger partial charge >= 0.3 is 0 Å². The van der Waals surface area contributed by atoms with Crippen LogP contribution in [-0.4, -0.2) is 16.9 Å². The van der Waals surface area contributed by atoms with Gasteiger partial charge in [-0.1, -0.05) is 22.6 Å². The van der Waals surface area contributed by atoms with Crippen molar-refractivity contribution in [2.45, 2.75) is 29.6 Å². The summed E-state index contributed by atoms with van der Waals surface area (Å²) in [6, 6.07) is 0. The molecule has 1 rings (SSSR count). The number of alkyl halides is 1. The summed E-state index contributed by atoms with van der Waals surface area (Å²) in [5, 5.41) is 2.71. The monoisotopic (exact) mass is 267 g/mol. The summed E-state index contributed by atoms with van der Waals surface area (Å²) in [5.41, 5.74) is 0. The van der Waals surface area contributed by atoms with E-state index in [1.807, 2.05) is 0 Å². The molecule has 0 saturated heterocycles. The first-order valence-corrected chi connectivity index (χ1v) is 5.34. The average Bonchev–Trinajstić information content (AvgIpc) is 2.05. The maximum atomic E-state index is 11.2. The Labute approximate surface area is 81.3 Å². The zero-order chi connectivity index (χ0) is 8.27. The molecule has 1 N–H and O–H groups in total. The molecule has 0 aromatic heterocycles. The first kappa shape index (κ1) is 9.29. The Morgan fingerprint density at radius 2 is 1.91 bits per heavy atom. The maximum Gasteiger partial charge on any atom is 0.222 e. The number of rotatable bonds is 1. The van der Waals surface area contributed by atoms with Gasteiger partial charge in [-0.15, -0.1) is 0 Å². The highest BCUT2D eigenvalue weighted by Crippen LogP contribution is 2.28. The number of nitrogens with one attached hydrogen (secondary N) is 1. The van der Waals surface area contributed by atoms with Gasteiger partial charge in [0.15, 0.2) is 0 Å². The molecule has 0 heterocycles. The quantitative estimate of drug-likeness (QED) is 0.569. The highest BCUT2D eigenvalue weighted by atomic mass is 127. The van der Waals surface area contributed by atoms with Gasteiger partial charge in [0.1, 0.15) is 0 Å². The van der Waals surface area contributed by atoms with Gasteiger partial charge in [0.2, 0.25) is 5.91 Å². The van der Waals surface area contributed by atoms with Crippen molar-refractivity contribution in [1.29, 1.82) is 0 Å². The van der Waals surface area contributed by atoms with Crippen LogP contribution in [0.4, 0.5) is 0 Å². The third-order valence-corrected chi connectivity index (χ3v) is 3.52. The molecule has 0 aromatic carbocycles. The second kappa shape index (κ2) is 4.28. The predicted molar refractivity (Wildman–Crippen MR) is 53.8 cm³/mol. The van der Waals surface area contributed by atoms with E-state index in [2.05, 4.69) is 27.9 Å². The van der Waals surface area contributed by atoms with Crippen LogP contribution in [0.15, 0.2) is 0 Å². The van der Waals surface area contributed by atoms with Crippen molar-refractivity contribution in [3.05, 3.63) is 0 Å². The molecule has 11 heavy (non-hydrogen) atoms. The van der Waals surface area contributed by atoms with E-state index in [4.69, 9.17) is 0 Å². The Kier molecular flexibility index (Phi) is 3.62. The average molecular weight is 267 g/mol. The molecule has 0 radical (unpaired) electrons. The fourth-order valence-corrected chi connectivity index (χ4v) is 2.24. The Hall–Kier alpha value is 0.200. The SMILES string of the molecule is CNC(=O)[C@H]1CC[C@H](I)CC1. The van der Waals surface area contributed by atoms with E-state index in [0.717, 1.165) is 16.8 Å². The summed E-state index contributed by atoms with van der Waals surface area (Å²) >= 11 is 2.47. The molecule has 3 heteroatoms. The van der Waals surface area contributed by atoms with Gasteiger partial charge < -0.3 is 5.32 Å². The minimum Gasteiger partial charge on any atom is -0.359 e. The van der Waals surface area contributed by atoms with Crippen molar-refractivity contribution < 1.29 is 4.79 Å². The van der Waals surface area contributed by atoms with Gasteiger partial charge in [-0.05, 0) is 25.7 Å². The van der Waals surface area contributed by atoms with Crippen molar-refractivity contribution in [2.75, 3.05) is 7.05 Å². The predicted octanol–water partition coefficient (Wildman–Crippen LogP) is 1.73. The van der Waals surface area contributed by atoms with Crippen molar-refractivity contribution in [1.82, 2.24) is 5.32 Å². The van der Waals surface area contributed by atoms with Crippen LogP contribution >= 0.6 is 22.6 Å². The lowest BCUT2D eigenvalue weighted by atomic mass is 9.89. The van der Waals surface area contributed by atoms with E-state index in [1.165, 1.54) is 12.8 Å². The minimum atomic E-state index is 0.230. The van der Waals surface area contributed by atoms with Crippen LogP contribution in [0.2, 0.25) is 0 Å². The Bertz CT molecular complexity index is 141. The van der Waals surface area contributed by atoms with Crippen LogP contribution in [0.25, 0.3) is 0 Å². The van der Waals surface area contributed by atoms with Crippen molar-refractivity contribution in [3.8, 4) is 0 Å². The molecule has 1 amide bonds. The van der Waals surface area contributed by atoms with Crippen LogP contribution in [0.1, 0.15) is 25.7 Å². The van der Waals surface area contributed by atoms with E-state index in [-0.39, 0.29) is 5.91 Å². The Balaban J connectivity index is 2.33. The van der Waals surface area contributed by atoms with Gasteiger partial charge in [0.05, 0.1) is 0 Å². The number of halogens is 1. The van der Waals surface area contributed by atoms with Crippen molar-refractivity contribution in [3.63, 3.8) is 0 Å². The molecule has 0 bridgehead atoms. The van der Waals surface area contributed by atoms with Gasteiger partial charge in [0, 0.05) is 16.9 Å². The fourth-order valence-electron chi connectivity index (χ4n) is 1.52. The summed E-state index contributed by atoms with van der Waals surface area (Å²) < 4.78 is 0.800. The number of amides is 1. The third-order valence-electron chi connectivity index (χ3n) is 2.27. The molecule has 1 fully saturated rings. The topological polar surface area (TPSA) is 29.1 Å². The van der Waals surface area contributed by atoms with Gasteiger partial charge in [-0.3, -0.25) is 4.79 Å². The largest absolute Gasteiger partial charge is 0.359 e. The fraction of sp³-hybridized carbons (Fsp3) is 0.875. The first-order valence-electron chi connectivity index (χ1n) is 4.09. The zero-order valence-electron chi connectivity index (χ0n) is 6.77. The van der Waals surface area contributed by atoms with Crippen LogP contribution in [0, 0.1) is 5.92 Å². The van der Waals surface area contributed by atoms with E-state index in [9.17, 15) is 4.79 Å². The number of carbonyl (C=O) groups excluding carboxylic acids is 1. The number of hydrogen-bond donors (Lipinski definition) is 1. The lowest BCUT2D eigenvalue weighted by molar-refractivity contribution is -0.125. The lowest BCUT2D eigenvalue weighted by Crippen LogP contribution is -2.30. The van der Waals surface area contributed by atoms with E-state index in [0.29, 0.717) is 5.92 Å². The van der Waals surface area contributed by atoms with Crippen LogP contribution in [0.5, 0.6) is 0 Å². The highest BCUT2D eigenvalue weighted by molar-refractivity contribution is 14.1. The summed E-state index contributed by atoms with van der Waals surface area (Å²) in [5.74, 6) is 0.527. The molecule has 0 atom stereocenters. The Morgan fingerprint density at radius 1 is 1.36 bits per heavy atom. The van der Waals surface area contributed by atoms with Crippen LogP contribution in [-0.2, 0) is 4.79 Å². The standard InChI is InChI=1S/C8H14INO/c1-10-8(11)6-2-4-7(9)5-3-6/h6-7H,2-5H2,1H3,(H,10,11)/t6-,7-. The molecular weight excluding hydrogens is 253 g/mol. The van der Waals surface area contributed by atoms with E-state index < -0.39 is 0 Å². The van der Waals surface area contributed by atoms with Gasteiger partial charge in [-0.2, -0.15) is 0 Å². The van der Waals surface area contributed by atoms with E-state index >= 15 is 0 Å². The zero-order valence-corrected chi connectivity index (χ0v) is 8.93. The van der Waals surface area contributed by atoms with Gasteiger partial charge in [-0.25, -0.2) is 0 Å². The van der Waals surface area contributed by atoms with Crippen LogP contribution in [0.3, 0.4) is 0 Å². The number of carbonyl (C=O) groups is 1. The molecule has 0 aromatic rings.